The smallest absolute Gasteiger partial charge is 0.252 e. The van der Waals surface area contributed by atoms with Crippen molar-refractivity contribution in [2.24, 2.45) is 5.92 Å². The zero-order valence-corrected chi connectivity index (χ0v) is 11.0. The Hall–Kier alpha value is 0.0500. The van der Waals surface area contributed by atoms with Gasteiger partial charge < -0.3 is 5.11 Å². The third kappa shape index (κ3) is 2.12. The van der Waals surface area contributed by atoms with E-state index in [9.17, 15) is 8.42 Å². The van der Waals surface area contributed by atoms with Crippen LogP contribution in [0, 0.1) is 5.92 Å². The second-order valence-corrected chi connectivity index (χ2v) is 8.06. The van der Waals surface area contributed by atoms with Crippen LogP contribution < -0.4 is 0 Å². The van der Waals surface area contributed by atoms with Crippen molar-refractivity contribution in [1.29, 1.82) is 0 Å². The predicted octanol–water partition coefficient (Wildman–Crippen LogP) is 1.12. The van der Waals surface area contributed by atoms with E-state index in [4.69, 9.17) is 5.11 Å². The summed E-state index contributed by atoms with van der Waals surface area (Å²) in [5.74, 6) is 0.100. The van der Waals surface area contributed by atoms with Gasteiger partial charge in [0, 0.05) is 25.6 Å². The number of halogens is 1. The van der Waals surface area contributed by atoms with Gasteiger partial charge in [-0.15, -0.1) is 11.3 Å². The molecule has 15 heavy (non-hydrogen) atoms. The lowest BCUT2D eigenvalue weighted by Crippen LogP contribution is -2.50. The summed E-state index contributed by atoms with van der Waals surface area (Å²) in [5, 5.41) is 8.82. The molecular formula is C8H10BrNO3S2. The maximum Gasteiger partial charge on any atom is 0.252 e. The minimum absolute atomic E-state index is 0.0557. The van der Waals surface area contributed by atoms with Crippen molar-refractivity contribution in [2.45, 2.75) is 4.21 Å². The molecular weight excluding hydrogens is 302 g/mol. The Morgan fingerprint density at radius 2 is 2.20 bits per heavy atom. The number of thiophene rings is 1. The summed E-state index contributed by atoms with van der Waals surface area (Å²) < 4.78 is 26.4. The Morgan fingerprint density at radius 3 is 2.67 bits per heavy atom. The average Bonchev–Trinajstić information content (AvgIpc) is 2.50. The molecule has 0 atom stereocenters. The molecule has 1 N–H and O–H groups in total. The first kappa shape index (κ1) is 11.5. The van der Waals surface area contributed by atoms with Crippen LogP contribution in [-0.4, -0.2) is 37.5 Å². The SMILES string of the molecule is O=S(=O)(c1ccc(Br)s1)N1CC(CO)C1. The van der Waals surface area contributed by atoms with E-state index in [2.05, 4.69) is 15.9 Å². The number of aliphatic hydroxyl groups excluding tert-OH is 1. The van der Waals surface area contributed by atoms with Gasteiger partial charge in [0.05, 0.1) is 3.79 Å². The molecule has 1 aromatic rings. The fraction of sp³-hybridized carbons (Fsp3) is 0.500. The minimum atomic E-state index is -3.31. The van der Waals surface area contributed by atoms with Crippen LogP contribution in [0.1, 0.15) is 0 Å². The molecule has 0 amide bonds. The van der Waals surface area contributed by atoms with Gasteiger partial charge in [-0.05, 0) is 28.1 Å². The Labute approximate surface area is 101 Å². The summed E-state index contributed by atoms with van der Waals surface area (Å²) in [4.78, 5) is 0. The molecule has 0 aliphatic carbocycles. The number of hydrogen-bond donors (Lipinski definition) is 1. The van der Waals surface area contributed by atoms with Gasteiger partial charge in [-0.25, -0.2) is 8.42 Å². The van der Waals surface area contributed by atoms with E-state index >= 15 is 0 Å². The average molecular weight is 312 g/mol. The molecule has 2 heterocycles. The molecule has 1 aromatic heterocycles. The number of sulfonamides is 1. The first-order valence-corrected chi connectivity index (χ1v) is 7.45. The summed E-state index contributed by atoms with van der Waals surface area (Å²) in [6, 6.07) is 3.32. The van der Waals surface area contributed by atoms with Crippen LogP contribution in [0.4, 0.5) is 0 Å². The van der Waals surface area contributed by atoms with Gasteiger partial charge in [0.1, 0.15) is 4.21 Å². The lowest BCUT2D eigenvalue weighted by molar-refractivity contribution is 0.117. The topological polar surface area (TPSA) is 57.6 Å². The molecule has 1 aliphatic heterocycles. The number of hydrogen-bond acceptors (Lipinski definition) is 4. The molecule has 0 saturated carbocycles. The van der Waals surface area contributed by atoms with Crippen molar-refractivity contribution in [3.05, 3.63) is 15.9 Å². The van der Waals surface area contributed by atoms with Gasteiger partial charge in [-0.1, -0.05) is 0 Å². The Bertz CT molecular complexity index is 450. The highest BCUT2D eigenvalue weighted by Gasteiger charge is 2.36. The van der Waals surface area contributed by atoms with E-state index in [0.717, 1.165) is 3.79 Å². The van der Waals surface area contributed by atoms with Gasteiger partial charge in [0.25, 0.3) is 10.0 Å². The largest absolute Gasteiger partial charge is 0.396 e. The summed E-state index contributed by atoms with van der Waals surface area (Å²) >= 11 is 4.44. The van der Waals surface area contributed by atoms with Crippen molar-refractivity contribution in [2.75, 3.05) is 19.7 Å². The first-order chi connectivity index (χ1) is 7.04. The lowest BCUT2D eigenvalue weighted by atomic mass is 10.1. The van der Waals surface area contributed by atoms with Gasteiger partial charge >= 0.3 is 0 Å². The summed E-state index contributed by atoms with van der Waals surface area (Å²) in [6.07, 6.45) is 0. The van der Waals surface area contributed by atoms with E-state index in [1.165, 1.54) is 15.6 Å². The van der Waals surface area contributed by atoms with Crippen LogP contribution in [0.25, 0.3) is 0 Å². The van der Waals surface area contributed by atoms with E-state index in [1.807, 2.05) is 0 Å². The molecule has 4 nitrogen and oxygen atoms in total. The molecule has 0 unspecified atom stereocenters. The van der Waals surface area contributed by atoms with E-state index in [-0.39, 0.29) is 12.5 Å². The lowest BCUT2D eigenvalue weighted by Gasteiger charge is -2.36. The van der Waals surface area contributed by atoms with E-state index < -0.39 is 10.0 Å². The molecule has 0 spiro atoms. The molecule has 1 saturated heterocycles. The minimum Gasteiger partial charge on any atom is -0.396 e. The van der Waals surface area contributed by atoms with Crippen molar-refractivity contribution in [3.63, 3.8) is 0 Å². The van der Waals surface area contributed by atoms with Gasteiger partial charge in [-0.3, -0.25) is 0 Å². The molecule has 0 bridgehead atoms. The van der Waals surface area contributed by atoms with Crippen LogP contribution in [0.15, 0.2) is 20.1 Å². The summed E-state index contributed by atoms with van der Waals surface area (Å²) in [6.45, 7) is 0.906. The van der Waals surface area contributed by atoms with Gasteiger partial charge in [-0.2, -0.15) is 4.31 Å². The standard InChI is InChI=1S/C8H10BrNO3S2/c9-7-1-2-8(14-7)15(12,13)10-3-6(4-10)5-11/h1-2,6,11H,3-5H2. The fourth-order valence-corrected chi connectivity index (χ4v) is 5.15. The second-order valence-electron chi connectivity index (χ2n) is 3.43. The highest BCUT2D eigenvalue weighted by molar-refractivity contribution is 9.11. The molecule has 0 radical (unpaired) electrons. The van der Waals surface area contributed by atoms with Crippen LogP contribution in [-0.2, 0) is 10.0 Å². The molecule has 0 aromatic carbocycles. The van der Waals surface area contributed by atoms with Crippen LogP contribution in [0.3, 0.4) is 0 Å². The Morgan fingerprint density at radius 1 is 1.53 bits per heavy atom. The van der Waals surface area contributed by atoms with E-state index in [1.54, 1.807) is 12.1 Å². The van der Waals surface area contributed by atoms with Crippen LogP contribution >= 0.6 is 27.3 Å². The Balaban J connectivity index is 2.15. The zero-order valence-electron chi connectivity index (χ0n) is 7.76. The quantitative estimate of drug-likeness (QED) is 0.910. The predicted molar refractivity (Wildman–Crippen MR) is 61.4 cm³/mol. The monoisotopic (exact) mass is 311 g/mol. The van der Waals surface area contributed by atoms with Crippen LogP contribution in [0.5, 0.6) is 0 Å². The zero-order chi connectivity index (χ0) is 11.1. The fourth-order valence-electron chi connectivity index (χ4n) is 1.40. The Kier molecular flexibility index (Phi) is 3.18. The number of aliphatic hydroxyl groups is 1. The van der Waals surface area contributed by atoms with E-state index in [0.29, 0.717) is 17.3 Å². The summed E-state index contributed by atoms with van der Waals surface area (Å²) in [5.41, 5.74) is 0. The van der Waals surface area contributed by atoms with Crippen molar-refractivity contribution < 1.29 is 13.5 Å². The number of rotatable bonds is 3. The number of nitrogens with zero attached hydrogens (tertiary/aromatic N) is 1. The highest BCUT2D eigenvalue weighted by Crippen LogP contribution is 2.31. The maximum atomic E-state index is 11.9. The van der Waals surface area contributed by atoms with Crippen molar-refractivity contribution in [1.82, 2.24) is 4.31 Å². The van der Waals surface area contributed by atoms with Crippen molar-refractivity contribution in [3.8, 4) is 0 Å². The highest BCUT2D eigenvalue weighted by atomic mass is 79.9. The molecule has 1 aliphatic rings. The normalized spacial score (nSPS) is 19.1. The molecule has 7 heteroatoms. The first-order valence-electron chi connectivity index (χ1n) is 4.40. The second kappa shape index (κ2) is 4.14. The van der Waals surface area contributed by atoms with Gasteiger partial charge in [0.2, 0.25) is 0 Å². The molecule has 1 fully saturated rings. The molecule has 2 rings (SSSR count). The molecule has 84 valence electrons. The van der Waals surface area contributed by atoms with Crippen molar-refractivity contribution >= 4 is 37.3 Å². The third-order valence-electron chi connectivity index (χ3n) is 2.32. The summed E-state index contributed by atoms with van der Waals surface area (Å²) in [7, 11) is -3.31. The van der Waals surface area contributed by atoms with Crippen LogP contribution in [0.2, 0.25) is 0 Å². The maximum absolute atomic E-state index is 11.9. The van der Waals surface area contributed by atoms with Gasteiger partial charge in [0.15, 0.2) is 0 Å². The third-order valence-corrected chi connectivity index (χ3v) is 6.25.